The van der Waals surface area contributed by atoms with Gasteiger partial charge in [0.05, 0.1) is 33.1 Å². The summed E-state index contributed by atoms with van der Waals surface area (Å²) >= 11 is 0. The van der Waals surface area contributed by atoms with Crippen LogP contribution >= 0.6 is 0 Å². The fourth-order valence-electron chi connectivity index (χ4n) is 4.45. The average Bonchev–Trinajstić information content (AvgIpc) is 3.10. The third-order valence-electron chi connectivity index (χ3n) is 6.10. The zero-order valence-electron chi connectivity index (χ0n) is 21.3. The van der Waals surface area contributed by atoms with Crippen LogP contribution in [0.2, 0.25) is 0 Å². The molecular weight excluding hydrogens is 462 g/mol. The molecule has 0 aliphatic heterocycles. The van der Waals surface area contributed by atoms with E-state index in [1.807, 2.05) is 6.07 Å². The lowest BCUT2D eigenvalue weighted by atomic mass is 9.95. The van der Waals surface area contributed by atoms with Crippen molar-refractivity contribution in [1.29, 1.82) is 0 Å². The van der Waals surface area contributed by atoms with Gasteiger partial charge in [-0.3, -0.25) is 14.4 Å². The van der Waals surface area contributed by atoms with Gasteiger partial charge in [-0.15, -0.1) is 6.58 Å². The molecular formula is C27H33N3O6. The van der Waals surface area contributed by atoms with E-state index in [0.29, 0.717) is 47.8 Å². The van der Waals surface area contributed by atoms with Gasteiger partial charge >= 0.3 is 0 Å². The standard InChI is InChI=1S/C27H33N3O6/c1-7-12-28-27(33)15(2)29-21-11-9-18-19(14-22(21)32)20(30-16(3)31)10-8-17-13-23(34-4)25(35-5)26(36-6)24(17)18/h7,9,11,13-15,20H,1,8,10,12H2,2-6H3,(H,28,33)(H,29,32)(H,30,31)/t15-,20-/m0/s1. The Balaban J connectivity index is 2.24. The van der Waals surface area contributed by atoms with Gasteiger partial charge in [0, 0.05) is 19.0 Å². The van der Waals surface area contributed by atoms with Gasteiger partial charge < -0.3 is 30.2 Å². The first kappa shape index (κ1) is 26.6. The van der Waals surface area contributed by atoms with Crippen molar-refractivity contribution in [2.75, 3.05) is 33.2 Å². The normalized spacial score (nSPS) is 14.8. The molecule has 2 aromatic rings. The van der Waals surface area contributed by atoms with Crippen LogP contribution in [0.1, 0.15) is 37.4 Å². The number of fused-ring (bicyclic) bond motifs is 3. The molecule has 0 spiro atoms. The van der Waals surface area contributed by atoms with Crippen LogP contribution in [0.4, 0.5) is 5.69 Å². The first-order chi connectivity index (χ1) is 17.2. The number of carbonyl (C=O) groups is 2. The molecule has 9 heteroatoms. The highest BCUT2D eigenvalue weighted by atomic mass is 16.5. The molecule has 192 valence electrons. The molecule has 1 aliphatic rings. The molecule has 0 saturated carbocycles. The van der Waals surface area contributed by atoms with Crippen LogP contribution in [0.5, 0.6) is 17.2 Å². The Labute approximate surface area is 210 Å². The fourth-order valence-corrected chi connectivity index (χ4v) is 4.45. The first-order valence-corrected chi connectivity index (χ1v) is 11.7. The molecule has 3 rings (SSSR count). The molecule has 0 fully saturated rings. The Morgan fingerprint density at radius 3 is 2.47 bits per heavy atom. The van der Waals surface area contributed by atoms with E-state index in [1.54, 1.807) is 39.4 Å². The minimum absolute atomic E-state index is 0.205. The Morgan fingerprint density at radius 2 is 1.86 bits per heavy atom. The largest absolute Gasteiger partial charge is 0.493 e. The number of benzene rings is 1. The van der Waals surface area contributed by atoms with Gasteiger partial charge in [0.25, 0.3) is 0 Å². The molecule has 0 heterocycles. The van der Waals surface area contributed by atoms with Gasteiger partial charge in [-0.1, -0.05) is 12.1 Å². The number of methoxy groups -OCH3 is 3. The van der Waals surface area contributed by atoms with E-state index >= 15 is 0 Å². The van der Waals surface area contributed by atoms with E-state index in [4.69, 9.17) is 14.2 Å². The Morgan fingerprint density at radius 1 is 1.14 bits per heavy atom. The lowest BCUT2D eigenvalue weighted by Crippen LogP contribution is -2.38. The monoisotopic (exact) mass is 495 g/mol. The molecule has 0 aromatic heterocycles. The van der Waals surface area contributed by atoms with E-state index in [2.05, 4.69) is 22.5 Å². The van der Waals surface area contributed by atoms with Crippen LogP contribution in [0, 0.1) is 0 Å². The van der Waals surface area contributed by atoms with Crippen molar-refractivity contribution in [1.82, 2.24) is 10.6 Å². The van der Waals surface area contributed by atoms with E-state index in [-0.39, 0.29) is 22.9 Å². The van der Waals surface area contributed by atoms with Crippen molar-refractivity contribution < 1.29 is 23.8 Å². The van der Waals surface area contributed by atoms with Crippen molar-refractivity contribution in [2.45, 2.75) is 38.8 Å². The van der Waals surface area contributed by atoms with Crippen LogP contribution in [0.25, 0.3) is 11.1 Å². The van der Waals surface area contributed by atoms with Crippen LogP contribution in [0.15, 0.2) is 41.7 Å². The second-order valence-corrected chi connectivity index (χ2v) is 8.50. The highest BCUT2D eigenvalue weighted by Gasteiger charge is 2.29. The molecule has 0 radical (unpaired) electrons. The first-order valence-electron chi connectivity index (χ1n) is 11.7. The van der Waals surface area contributed by atoms with E-state index in [1.165, 1.54) is 20.1 Å². The van der Waals surface area contributed by atoms with Gasteiger partial charge in [-0.05, 0) is 54.7 Å². The summed E-state index contributed by atoms with van der Waals surface area (Å²) in [5, 5.41) is 8.69. The molecule has 2 amide bonds. The minimum atomic E-state index is -0.655. The lowest BCUT2D eigenvalue weighted by molar-refractivity contribution is -0.121. The molecule has 0 unspecified atom stereocenters. The molecule has 2 aromatic carbocycles. The van der Waals surface area contributed by atoms with Crippen LogP contribution < -0.4 is 35.6 Å². The highest BCUT2D eigenvalue weighted by molar-refractivity contribution is 5.85. The van der Waals surface area contributed by atoms with Crippen LogP contribution in [0.3, 0.4) is 0 Å². The van der Waals surface area contributed by atoms with Crippen molar-refractivity contribution in [2.24, 2.45) is 0 Å². The molecule has 1 aliphatic carbocycles. The summed E-state index contributed by atoms with van der Waals surface area (Å²) in [5.74, 6) is 0.967. The summed E-state index contributed by atoms with van der Waals surface area (Å²) in [6.45, 7) is 7.04. The summed E-state index contributed by atoms with van der Waals surface area (Å²) in [6.07, 6.45) is 2.75. The van der Waals surface area contributed by atoms with Crippen molar-refractivity contribution >= 4 is 17.5 Å². The molecule has 3 N–H and O–H groups in total. The van der Waals surface area contributed by atoms with E-state index < -0.39 is 12.1 Å². The number of aryl methyl sites for hydroxylation is 1. The number of nitrogens with one attached hydrogen (secondary N) is 3. The Bertz CT molecular complexity index is 1230. The van der Waals surface area contributed by atoms with Gasteiger partial charge in [0.1, 0.15) is 6.04 Å². The van der Waals surface area contributed by atoms with Gasteiger partial charge in [-0.25, -0.2) is 0 Å². The van der Waals surface area contributed by atoms with E-state index in [0.717, 1.165) is 11.1 Å². The van der Waals surface area contributed by atoms with Gasteiger partial charge in [-0.2, -0.15) is 0 Å². The van der Waals surface area contributed by atoms with E-state index in [9.17, 15) is 14.4 Å². The molecule has 2 atom stereocenters. The van der Waals surface area contributed by atoms with Crippen molar-refractivity contribution in [3.05, 3.63) is 58.3 Å². The molecule has 0 saturated heterocycles. The number of anilines is 1. The number of hydrogen-bond donors (Lipinski definition) is 3. The second kappa shape index (κ2) is 11.6. The predicted octanol–water partition coefficient (Wildman–Crippen LogP) is 2.97. The number of hydrogen-bond acceptors (Lipinski definition) is 7. The van der Waals surface area contributed by atoms with Gasteiger partial charge in [0.15, 0.2) is 11.5 Å². The number of amides is 2. The zero-order chi connectivity index (χ0) is 26.4. The summed E-state index contributed by atoms with van der Waals surface area (Å²) in [4.78, 5) is 37.7. The lowest BCUT2D eigenvalue weighted by Gasteiger charge is -2.19. The minimum Gasteiger partial charge on any atom is -0.493 e. The Hall–Kier alpha value is -4.01. The maximum absolute atomic E-state index is 13.3. The smallest absolute Gasteiger partial charge is 0.242 e. The fraction of sp³-hybridized carbons (Fsp3) is 0.370. The topological polar surface area (TPSA) is 115 Å². The second-order valence-electron chi connectivity index (χ2n) is 8.50. The summed E-state index contributed by atoms with van der Waals surface area (Å²) < 4.78 is 16.9. The van der Waals surface area contributed by atoms with Crippen molar-refractivity contribution in [3.63, 3.8) is 0 Å². The average molecular weight is 496 g/mol. The van der Waals surface area contributed by atoms with Crippen LogP contribution in [-0.2, 0) is 16.0 Å². The third kappa shape index (κ3) is 5.45. The molecule has 0 bridgehead atoms. The van der Waals surface area contributed by atoms with Crippen LogP contribution in [-0.4, -0.2) is 45.7 Å². The maximum atomic E-state index is 13.3. The summed E-state index contributed by atoms with van der Waals surface area (Å²) in [7, 11) is 4.64. The van der Waals surface area contributed by atoms with Crippen molar-refractivity contribution in [3.8, 4) is 28.4 Å². The summed E-state index contributed by atoms with van der Waals surface area (Å²) in [6, 6.07) is 5.80. The number of rotatable bonds is 9. The quantitative estimate of drug-likeness (QED) is 0.458. The van der Waals surface area contributed by atoms with Gasteiger partial charge in [0.2, 0.25) is 23.0 Å². The number of carbonyl (C=O) groups excluding carboxylic acids is 2. The third-order valence-corrected chi connectivity index (χ3v) is 6.10. The predicted molar refractivity (Wildman–Crippen MR) is 139 cm³/mol. The molecule has 9 nitrogen and oxygen atoms in total. The highest BCUT2D eigenvalue weighted by Crippen LogP contribution is 2.50. The maximum Gasteiger partial charge on any atom is 0.242 e. The summed E-state index contributed by atoms with van der Waals surface area (Å²) in [5.41, 5.74) is 3.01. The Kier molecular flexibility index (Phi) is 8.58. The molecule has 36 heavy (non-hydrogen) atoms. The number of ether oxygens (including phenoxy) is 3. The SMILES string of the molecule is C=CCNC(=O)[C@H](C)Nc1ccc2c(cc1=O)[C@@H](NC(C)=O)CCc1cc(OC)c(OC)c(OC)c1-2. The zero-order valence-corrected chi connectivity index (χ0v) is 21.3.